The smallest absolute Gasteiger partial charge is 0.263 e. The third kappa shape index (κ3) is 2.94. The van der Waals surface area contributed by atoms with E-state index < -0.39 is 0 Å². The first-order valence-electron chi connectivity index (χ1n) is 9.26. The highest BCUT2D eigenvalue weighted by atomic mass is 32.1. The molecule has 0 bridgehead atoms. The van der Waals surface area contributed by atoms with Gasteiger partial charge in [0.1, 0.15) is 0 Å². The van der Waals surface area contributed by atoms with Gasteiger partial charge in [0, 0.05) is 26.6 Å². The molecule has 0 saturated carbocycles. The SMILES string of the molecule is CNC(=O)C[C@@H]1CC2(CCN(C(=O)c3cccs3)CC2)c2ccccc21. The van der Waals surface area contributed by atoms with Gasteiger partial charge < -0.3 is 10.2 Å². The van der Waals surface area contributed by atoms with Crippen molar-refractivity contribution in [3.05, 3.63) is 57.8 Å². The Hall–Kier alpha value is -2.14. The van der Waals surface area contributed by atoms with Gasteiger partial charge in [-0.05, 0) is 53.2 Å². The zero-order valence-corrected chi connectivity index (χ0v) is 15.8. The highest BCUT2D eigenvalue weighted by molar-refractivity contribution is 7.12. The van der Waals surface area contributed by atoms with Gasteiger partial charge in [0.25, 0.3) is 5.91 Å². The third-order valence-corrected chi connectivity index (χ3v) is 6.92. The number of carbonyl (C=O) groups is 2. The second-order valence-electron chi connectivity index (χ2n) is 7.42. The lowest BCUT2D eigenvalue weighted by Gasteiger charge is -2.40. The fourth-order valence-corrected chi connectivity index (χ4v) is 5.39. The quantitative estimate of drug-likeness (QED) is 0.901. The lowest BCUT2D eigenvalue weighted by molar-refractivity contribution is -0.121. The van der Waals surface area contributed by atoms with Crippen LogP contribution >= 0.6 is 11.3 Å². The van der Waals surface area contributed by atoms with Gasteiger partial charge in [-0.25, -0.2) is 0 Å². The third-order valence-electron chi connectivity index (χ3n) is 6.06. The monoisotopic (exact) mass is 368 g/mol. The molecule has 1 N–H and O–H groups in total. The molecule has 136 valence electrons. The molecule has 2 heterocycles. The second kappa shape index (κ2) is 6.88. The van der Waals surface area contributed by atoms with Gasteiger partial charge >= 0.3 is 0 Å². The first kappa shape index (κ1) is 17.3. The van der Waals surface area contributed by atoms with Crippen LogP contribution in [0.25, 0.3) is 0 Å². The van der Waals surface area contributed by atoms with Crippen LogP contribution in [-0.4, -0.2) is 36.9 Å². The van der Waals surface area contributed by atoms with Crippen LogP contribution in [-0.2, 0) is 10.2 Å². The Kier molecular flexibility index (Phi) is 4.57. The average Bonchev–Trinajstić information content (AvgIpc) is 3.30. The summed E-state index contributed by atoms with van der Waals surface area (Å²) in [6, 6.07) is 12.4. The zero-order chi connectivity index (χ0) is 18.1. The van der Waals surface area contributed by atoms with Crippen molar-refractivity contribution >= 4 is 23.2 Å². The Morgan fingerprint density at radius 2 is 1.96 bits per heavy atom. The molecule has 2 amide bonds. The predicted octanol–water partition coefficient (Wildman–Crippen LogP) is 3.55. The van der Waals surface area contributed by atoms with E-state index in [0.29, 0.717) is 6.42 Å². The van der Waals surface area contributed by atoms with Crippen molar-refractivity contribution in [2.45, 2.75) is 37.0 Å². The molecule has 0 radical (unpaired) electrons. The molecule has 1 spiro atoms. The van der Waals surface area contributed by atoms with Gasteiger partial charge in [-0.2, -0.15) is 0 Å². The minimum atomic E-state index is 0.104. The molecule has 4 rings (SSSR count). The Bertz CT molecular complexity index is 807. The largest absolute Gasteiger partial charge is 0.359 e. The molecule has 1 saturated heterocycles. The maximum Gasteiger partial charge on any atom is 0.263 e. The number of amides is 2. The number of nitrogens with one attached hydrogen (secondary N) is 1. The Balaban J connectivity index is 1.53. The number of hydrogen-bond acceptors (Lipinski definition) is 3. The molecule has 1 atom stereocenters. The van der Waals surface area contributed by atoms with Crippen LogP contribution in [0.1, 0.15) is 52.4 Å². The number of benzene rings is 1. The summed E-state index contributed by atoms with van der Waals surface area (Å²) < 4.78 is 0. The van der Waals surface area contributed by atoms with Gasteiger partial charge in [-0.3, -0.25) is 9.59 Å². The van der Waals surface area contributed by atoms with Crippen molar-refractivity contribution in [3.63, 3.8) is 0 Å². The van der Waals surface area contributed by atoms with E-state index in [2.05, 4.69) is 29.6 Å². The molecule has 26 heavy (non-hydrogen) atoms. The van der Waals surface area contributed by atoms with Gasteiger partial charge in [-0.1, -0.05) is 30.3 Å². The Morgan fingerprint density at radius 3 is 2.65 bits per heavy atom. The predicted molar refractivity (Wildman–Crippen MR) is 104 cm³/mol. The lowest BCUT2D eigenvalue weighted by Crippen LogP contribution is -2.44. The van der Waals surface area contributed by atoms with Gasteiger partial charge in [-0.15, -0.1) is 11.3 Å². The van der Waals surface area contributed by atoms with Crippen LogP contribution < -0.4 is 5.32 Å². The number of hydrogen-bond donors (Lipinski definition) is 1. The summed E-state index contributed by atoms with van der Waals surface area (Å²) in [6.07, 6.45) is 3.52. The summed E-state index contributed by atoms with van der Waals surface area (Å²) in [6.45, 7) is 1.58. The molecule has 2 aliphatic rings. The number of carbonyl (C=O) groups excluding carboxylic acids is 2. The number of nitrogens with zero attached hydrogens (tertiary/aromatic N) is 1. The number of likely N-dealkylation sites (tertiary alicyclic amines) is 1. The molecule has 1 aliphatic heterocycles. The van der Waals surface area contributed by atoms with E-state index in [4.69, 9.17) is 0 Å². The summed E-state index contributed by atoms with van der Waals surface area (Å²) in [5.41, 5.74) is 2.84. The summed E-state index contributed by atoms with van der Waals surface area (Å²) >= 11 is 1.51. The number of piperidine rings is 1. The fourth-order valence-electron chi connectivity index (χ4n) is 4.70. The fraction of sp³-hybridized carbons (Fsp3) is 0.429. The summed E-state index contributed by atoms with van der Waals surface area (Å²) in [4.78, 5) is 27.4. The van der Waals surface area contributed by atoms with Gasteiger partial charge in [0.15, 0.2) is 0 Å². The lowest BCUT2D eigenvalue weighted by atomic mass is 9.73. The highest BCUT2D eigenvalue weighted by Crippen LogP contribution is 2.52. The van der Waals surface area contributed by atoms with Crippen molar-refractivity contribution in [1.82, 2.24) is 10.2 Å². The van der Waals surface area contributed by atoms with Crippen LogP contribution in [0.3, 0.4) is 0 Å². The van der Waals surface area contributed by atoms with Crippen molar-refractivity contribution < 1.29 is 9.59 Å². The normalized spacial score (nSPS) is 20.8. The van der Waals surface area contributed by atoms with Crippen molar-refractivity contribution in [1.29, 1.82) is 0 Å². The summed E-state index contributed by atoms with van der Waals surface area (Å²) in [5, 5.41) is 4.71. The number of thiophene rings is 1. The molecule has 1 aliphatic carbocycles. The minimum Gasteiger partial charge on any atom is -0.359 e. The molecule has 2 aromatic rings. The van der Waals surface area contributed by atoms with E-state index in [-0.39, 0.29) is 23.1 Å². The molecule has 1 aromatic heterocycles. The average molecular weight is 369 g/mol. The van der Waals surface area contributed by atoms with Crippen LogP contribution in [0.2, 0.25) is 0 Å². The van der Waals surface area contributed by atoms with Crippen molar-refractivity contribution in [2.75, 3.05) is 20.1 Å². The van der Waals surface area contributed by atoms with E-state index in [1.54, 1.807) is 7.05 Å². The number of rotatable bonds is 3. The van der Waals surface area contributed by atoms with Crippen LogP contribution in [0.5, 0.6) is 0 Å². The maximum atomic E-state index is 12.6. The van der Waals surface area contributed by atoms with Crippen LogP contribution in [0, 0.1) is 0 Å². The number of fused-ring (bicyclic) bond motifs is 2. The molecule has 1 aromatic carbocycles. The molecule has 0 unspecified atom stereocenters. The molecular formula is C21H24N2O2S. The van der Waals surface area contributed by atoms with Gasteiger partial charge in [0.05, 0.1) is 4.88 Å². The van der Waals surface area contributed by atoms with Crippen molar-refractivity contribution in [3.8, 4) is 0 Å². The second-order valence-corrected chi connectivity index (χ2v) is 8.36. The zero-order valence-electron chi connectivity index (χ0n) is 15.0. The Morgan fingerprint density at radius 1 is 1.19 bits per heavy atom. The van der Waals surface area contributed by atoms with E-state index in [1.165, 1.54) is 22.5 Å². The maximum absolute atomic E-state index is 12.6. The van der Waals surface area contributed by atoms with Crippen molar-refractivity contribution in [2.24, 2.45) is 0 Å². The minimum absolute atomic E-state index is 0.104. The van der Waals surface area contributed by atoms with E-state index in [0.717, 1.165) is 37.2 Å². The first-order chi connectivity index (χ1) is 12.6. The molecule has 4 nitrogen and oxygen atoms in total. The van der Waals surface area contributed by atoms with E-state index in [9.17, 15) is 9.59 Å². The van der Waals surface area contributed by atoms with E-state index >= 15 is 0 Å². The van der Waals surface area contributed by atoms with Gasteiger partial charge in [0.2, 0.25) is 5.91 Å². The standard InChI is InChI=1S/C21H24N2O2S/c1-22-19(24)13-15-14-21(17-6-3-2-5-16(15)17)8-10-23(11-9-21)20(25)18-7-4-12-26-18/h2-7,12,15H,8-11,13-14H2,1H3,(H,22,24)/t15-/m1/s1. The molecule has 5 heteroatoms. The first-order valence-corrected chi connectivity index (χ1v) is 10.1. The van der Waals surface area contributed by atoms with Crippen LogP contribution in [0.4, 0.5) is 0 Å². The molecular weight excluding hydrogens is 344 g/mol. The highest BCUT2D eigenvalue weighted by Gasteiger charge is 2.46. The van der Waals surface area contributed by atoms with E-state index in [1.807, 2.05) is 22.4 Å². The summed E-state index contributed by atoms with van der Waals surface area (Å²) in [5.74, 6) is 0.543. The molecule has 1 fully saturated rings. The van der Waals surface area contributed by atoms with Crippen LogP contribution in [0.15, 0.2) is 41.8 Å². The Labute approximate surface area is 158 Å². The summed E-state index contributed by atoms with van der Waals surface area (Å²) in [7, 11) is 1.70. The topological polar surface area (TPSA) is 49.4 Å².